The van der Waals surface area contributed by atoms with E-state index in [4.69, 9.17) is 0 Å². The van der Waals surface area contributed by atoms with Crippen molar-refractivity contribution >= 4 is 5.57 Å². The highest BCUT2D eigenvalue weighted by atomic mass is 15.1. The first-order chi connectivity index (χ1) is 17.1. The van der Waals surface area contributed by atoms with Crippen LogP contribution in [0.2, 0.25) is 0 Å². The van der Waals surface area contributed by atoms with Crippen molar-refractivity contribution in [3.8, 4) is 0 Å². The van der Waals surface area contributed by atoms with Gasteiger partial charge in [0, 0.05) is 40.8 Å². The first kappa shape index (κ1) is 34.5. The molecule has 37 heavy (non-hydrogen) atoms. The molecule has 1 saturated heterocycles. The molecule has 0 aromatic carbocycles. The maximum Gasteiger partial charge on any atom is 0.159 e. The molecule has 2 heterocycles. The van der Waals surface area contributed by atoms with Crippen LogP contribution in [0.5, 0.6) is 0 Å². The maximum atomic E-state index is 4.50. The maximum absolute atomic E-state index is 4.50. The van der Waals surface area contributed by atoms with Gasteiger partial charge in [0.05, 0.1) is 0 Å². The fourth-order valence-corrected chi connectivity index (χ4v) is 3.71. The molecule has 2 rings (SSSR count). The van der Waals surface area contributed by atoms with E-state index in [0.717, 1.165) is 46.0 Å². The average molecular weight is 509 g/mol. The molecule has 0 unspecified atom stereocenters. The van der Waals surface area contributed by atoms with Crippen molar-refractivity contribution < 1.29 is 0 Å². The van der Waals surface area contributed by atoms with Crippen molar-refractivity contribution in [2.24, 2.45) is 0 Å². The predicted octanol–water partition coefficient (Wildman–Crippen LogP) is 8.80. The Morgan fingerprint density at radius 1 is 1.03 bits per heavy atom. The molecule has 4 nitrogen and oxygen atoms in total. The number of hydrogen-bond acceptors (Lipinski definition) is 4. The van der Waals surface area contributed by atoms with Crippen molar-refractivity contribution in [1.29, 1.82) is 0 Å². The molecule has 2 N–H and O–H groups in total. The van der Waals surface area contributed by atoms with Crippen molar-refractivity contribution in [2.45, 2.75) is 120 Å². The van der Waals surface area contributed by atoms with Crippen LogP contribution in [-0.4, -0.2) is 27.6 Å². The molecule has 1 aromatic heterocycles. The molecular formula is C33H56N4. The first-order valence-corrected chi connectivity index (χ1v) is 13.7. The van der Waals surface area contributed by atoms with E-state index in [9.17, 15) is 0 Å². The molecule has 0 spiro atoms. The van der Waals surface area contributed by atoms with Crippen LogP contribution in [-0.2, 0) is 0 Å². The van der Waals surface area contributed by atoms with Gasteiger partial charge in [-0.25, -0.2) is 9.97 Å². The fourth-order valence-electron chi connectivity index (χ4n) is 3.71. The average Bonchev–Trinajstić information content (AvgIpc) is 3.14. The minimum absolute atomic E-state index is 0.313. The van der Waals surface area contributed by atoms with E-state index in [0.29, 0.717) is 11.1 Å². The van der Waals surface area contributed by atoms with E-state index < -0.39 is 0 Å². The zero-order valence-corrected chi connectivity index (χ0v) is 26.2. The summed E-state index contributed by atoms with van der Waals surface area (Å²) in [5, 5.41) is 7.11. The Kier molecular flexibility index (Phi) is 15.3. The van der Waals surface area contributed by atoms with Crippen LogP contribution < -0.4 is 10.6 Å². The Morgan fingerprint density at radius 3 is 2.00 bits per heavy atom. The van der Waals surface area contributed by atoms with Gasteiger partial charge in [-0.2, -0.15) is 0 Å². The molecule has 0 amide bonds. The topological polar surface area (TPSA) is 49.8 Å². The Labute approximate surface area is 229 Å². The van der Waals surface area contributed by atoms with Crippen LogP contribution in [0, 0.1) is 13.8 Å². The minimum Gasteiger partial charge on any atom is -0.389 e. The van der Waals surface area contributed by atoms with Crippen molar-refractivity contribution in [3.63, 3.8) is 0 Å². The van der Waals surface area contributed by atoms with Gasteiger partial charge in [0.1, 0.15) is 0 Å². The SMILES string of the molecule is C=C(C)/C(C)=C/C(=C\C)c1ncc(C)c(C)n1.C=C(C)NCC[C@@]1(C)CC[C@@](C)(CC)N1.CC=C(C)C. The lowest BCUT2D eigenvalue weighted by Gasteiger charge is -2.31. The largest absolute Gasteiger partial charge is 0.389 e. The second kappa shape index (κ2) is 16.4. The van der Waals surface area contributed by atoms with Crippen LogP contribution in [0.15, 0.2) is 60.0 Å². The Hall–Kier alpha value is -2.46. The van der Waals surface area contributed by atoms with Crippen LogP contribution in [0.25, 0.3) is 5.57 Å². The highest BCUT2D eigenvalue weighted by Crippen LogP contribution is 2.34. The summed E-state index contributed by atoms with van der Waals surface area (Å²) >= 11 is 0. The molecule has 0 saturated carbocycles. The Morgan fingerprint density at radius 2 is 1.59 bits per heavy atom. The second-order valence-corrected chi connectivity index (χ2v) is 11.2. The van der Waals surface area contributed by atoms with Gasteiger partial charge in [0.2, 0.25) is 0 Å². The number of nitrogens with zero attached hydrogens (tertiary/aromatic N) is 2. The molecule has 208 valence electrons. The van der Waals surface area contributed by atoms with E-state index in [-0.39, 0.29) is 0 Å². The standard InChI is InChI=1S/C15H20N2.C13H26N2.C5H10/c1-7-14(8-11(4)10(2)3)15-16-9-12(5)13(6)17-15;1-6-12(4)7-8-13(5,15-12)9-10-14-11(2)3;1-4-5(2)3/h7-9H,2H2,1,3-6H3;14-15H,2,6-10H2,1,3-5H3;4H,1-3H3/b11-8+,14-7+;;/t;12-,13-;/m.1./s1. The normalized spacial score (nSPS) is 21.2. The molecule has 4 heteroatoms. The van der Waals surface area contributed by atoms with E-state index in [2.05, 4.69) is 80.5 Å². The van der Waals surface area contributed by atoms with Crippen molar-refractivity contribution in [1.82, 2.24) is 20.6 Å². The smallest absolute Gasteiger partial charge is 0.159 e. The summed E-state index contributed by atoms with van der Waals surface area (Å²) in [5.74, 6) is 0.774. The van der Waals surface area contributed by atoms with Gasteiger partial charge in [0.25, 0.3) is 0 Å². The lowest BCUT2D eigenvalue weighted by atomic mass is 9.94. The molecule has 0 bridgehead atoms. The van der Waals surface area contributed by atoms with Crippen LogP contribution in [0.3, 0.4) is 0 Å². The molecule has 0 aliphatic carbocycles. The summed E-state index contributed by atoms with van der Waals surface area (Å²) < 4.78 is 0. The molecule has 1 aliphatic heterocycles. The zero-order valence-electron chi connectivity index (χ0n) is 26.2. The van der Waals surface area contributed by atoms with Crippen LogP contribution >= 0.6 is 0 Å². The number of rotatable bonds is 8. The van der Waals surface area contributed by atoms with Crippen LogP contribution in [0.1, 0.15) is 112 Å². The summed E-state index contributed by atoms with van der Waals surface area (Å²) in [5.41, 5.74) is 8.51. The van der Waals surface area contributed by atoms with Crippen molar-refractivity contribution in [2.75, 3.05) is 6.54 Å². The van der Waals surface area contributed by atoms with Gasteiger partial charge >= 0.3 is 0 Å². The van der Waals surface area contributed by atoms with E-state index >= 15 is 0 Å². The summed E-state index contributed by atoms with van der Waals surface area (Å²) in [6, 6.07) is 0. The Bertz CT molecular complexity index is 978. The number of hydrogen-bond donors (Lipinski definition) is 2. The fraction of sp³-hybridized carbons (Fsp3) is 0.576. The number of nitrogens with one attached hydrogen (secondary N) is 2. The third-order valence-corrected chi connectivity index (χ3v) is 7.13. The molecular weight excluding hydrogens is 452 g/mol. The highest BCUT2D eigenvalue weighted by Gasteiger charge is 2.39. The van der Waals surface area contributed by atoms with Gasteiger partial charge in [-0.1, -0.05) is 43.4 Å². The molecule has 1 aromatic rings. The lowest BCUT2D eigenvalue weighted by molar-refractivity contribution is 0.304. The van der Waals surface area contributed by atoms with Crippen LogP contribution in [0.4, 0.5) is 0 Å². The molecule has 1 fully saturated rings. The number of aromatic nitrogens is 2. The van der Waals surface area contributed by atoms with E-state index in [1.54, 1.807) is 0 Å². The summed E-state index contributed by atoms with van der Waals surface area (Å²) in [7, 11) is 0. The third kappa shape index (κ3) is 13.6. The molecule has 1 aliphatic rings. The van der Waals surface area contributed by atoms with Gasteiger partial charge in [0.15, 0.2) is 5.82 Å². The van der Waals surface area contributed by atoms with Crippen molar-refractivity contribution in [3.05, 3.63) is 77.1 Å². The predicted molar refractivity (Wildman–Crippen MR) is 166 cm³/mol. The quantitative estimate of drug-likeness (QED) is 0.272. The highest BCUT2D eigenvalue weighted by molar-refractivity contribution is 5.71. The third-order valence-electron chi connectivity index (χ3n) is 7.13. The monoisotopic (exact) mass is 508 g/mol. The molecule has 0 radical (unpaired) electrons. The molecule has 2 atom stereocenters. The van der Waals surface area contributed by atoms with Gasteiger partial charge in [-0.05, 0) is 119 Å². The zero-order chi connectivity index (χ0) is 28.8. The van der Waals surface area contributed by atoms with E-state index in [1.807, 2.05) is 60.7 Å². The van der Waals surface area contributed by atoms with Gasteiger partial charge in [-0.15, -0.1) is 0 Å². The second-order valence-electron chi connectivity index (χ2n) is 11.2. The van der Waals surface area contributed by atoms with E-state index in [1.165, 1.54) is 31.3 Å². The van der Waals surface area contributed by atoms with Gasteiger partial charge < -0.3 is 10.6 Å². The number of aryl methyl sites for hydroxylation is 2. The minimum atomic E-state index is 0.313. The Balaban J connectivity index is 0.000000596. The summed E-state index contributed by atoms with van der Waals surface area (Å²) in [6.07, 6.45) is 13.0. The summed E-state index contributed by atoms with van der Waals surface area (Å²) in [6.45, 7) is 34.0. The first-order valence-electron chi connectivity index (χ1n) is 13.7. The summed E-state index contributed by atoms with van der Waals surface area (Å²) in [4.78, 5) is 8.87. The lowest BCUT2D eigenvalue weighted by Crippen LogP contribution is -2.47. The van der Waals surface area contributed by atoms with Gasteiger partial charge in [-0.3, -0.25) is 0 Å². The number of allylic oxidation sites excluding steroid dienone is 8.